The Labute approximate surface area is 179 Å². The fourth-order valence-electron chi connectivity index (χ4n) is 2.76. The molecular weight excluding hydrogens is 408 g/mol. The number of halogens is 1. The normalized spacial score (nSPS) is 10.3. The van der Waals surface area contributed by atoms with Crippen molar-refractivity contribution >= 4 is 23.2 Å². The number of hydrogen-bond donors (Lipinski definition) is 1. The average Bonchev–Trinajstić information content (AvgIpc) is 2.77. The molecule has 1 aromatic heterocycles. The first-order chi connectivity index (χ1) is 14.5. The molecule has 156 valence electrons. The Morgan fingerprint density at radius 3 is 2.47 bits per heavy atom. The zero-order chi connectivity index (χ0) is 21.5. The molecule has 0 saturated heterocycles. The molecule has 3 aromatic rings. The Kier molecular flexibility index (Phi) is 6.98. The largest absolute Gasteiger partial charge is 0.493 e. The summed E-state index contributed by atoms with van der Waals surface area (Å²) in [4.78, 5) is 16.8. The van der Waals surface area contributed by atoms with Gasteiger partial charge in [-0.2, -0.15) is 0 Å². The van der Waals surface area contributed by atoms with Crippen LogP contribution in [0.25, 0.3) is 0 Å². The zero-order valence-electron chi connectivity index (χ0n) is 16.8. The Morgan fingerprint density at radius 1 is 1.00 bits per heavy atom. The van der Waals surface area contributed by atoms with Gasteiger partial charge >= 0.3 is 0 Å². The minimum absolute atomic E-state index is 0.275. The minimum atomic E-state index is -0.360. The number of carbonyl (C=O) groups excluding carboxylic acids is 1. The van der Waals surface area contributed by atoms with Crippen LogP contribution in [0.5, 0.6) is 23.0 Å². The SMILES string of the molecule is COc1ccc(NC(=O)c2cc(Cl)c(OC)c(OC)c2)cc1OCc1cccnc1. The number of anilines is 1. The van der Waals surface area contributed by atoms with Crippen LogP contribution < -0.4 is 24.3 Å². The standard InChI is InChI=1S/C22H21ClN2O5/c1-27-18-7-6-16(11-19(18)30-13-14-5-4-8-24-12-14)25-22(26)15-9-17(23)21(29-3)20(10-15)28-2/h4-12H,13H2,1-3H3,(H,25,26). The van der Waals surface area contributed by atoms with E-state index in [0.29, 0.717) is 40.9 Å². The van der Waals surface area contributed by atoms with E-state index in [0.717, 1.165) is 5.56 Å². The molecule has 0 aliphatic heterocycles. The number of benzene rings is 2. The van der Waals surface area contributed by atoms with Crippen molar-refractivity contribution in [3.8, 4) is 23.0 Å². The number of methoxy groups -OCH3 is 3. The lowest BCUT2D eigenvalue weighted by molar-refractivity contribution is 0.102. The molecule has 0 unspecified atom stereocenters. The summed E-state index contributed by atoms with van der Waals surface area (Å²) < 4.78 is 21.7. The first-order valence-electron chi connectivity index (χ1n) is 8.98. The van der Waals surface area contributed by atoms with Crippen molar-refractivity contribution in [3.05, 3.63) is 71.0 Å². The van der Waals surface area contributed by atoms with Gasteiger partial charge in [0.25, 0.3) is 5.91 Å². The second-order valence-electron chi connectivity index (χ2n) is 6.16. The fraction of sp³-hybridized carbons (Fsp3) is 0.182. The van der Waals surface area contributed by atoms with Crippen molar-refractivity contribution in [1.82, 2.24) is 4.98 Å². The lowest BCUT2D eigenvalue weighted by atomic mass is 10.1. The van der Waals surface area contributed by atoms with Crippen molar-refractivity contribution in [2.45, 2.75) is 6.61 Å². The third kappa shape index (κ3) is 4.93. The third-order valence-electron chi connectivity index (χ3n) is 4.23. The first kappa shape index (κ1) is 21.3. The lowest BCUT2D eigenvalue weighted by Crippen LogP contribution is -2.12. The summed E-state index contributed by atoms with van der Waals surface area (Å²) in [5.74, 6) is 1.41. The van der Waals surface area contributed by atoms with Crippen molar-refractivity contribution in [2.75, 3.05) is 26.6 Å². The molecule has 30 heavy (non-hydrogen) atoms. The van der Waals surface area contributed by atoms with Crippen molar-refractivity contribution in [2.24, 2.45) is 0 Å². The maximum Gasteiger partial charge on any atom is 0.255 e. The molecule has 7 nitrogen and oxygen atoms in total. The van der Waals surface area contributed by atoms with Gasteiger partial charge in [0.05, 0.1) is 26.4 Å². The molecule has 0 aliphatic rings. The van der Waals surface area contributed by atoms with Crippen LogP contribution in [0.2, 0.25) is 5.02 Å². The number of nitrogens with one attached hydrogen (secondary N) is 1. The van der Waals surface area contributed by atoms with E-state index in [4.69, 9.17) is 30.5 Å². The van der Waals surface area contributed by atoms with E-state index in [1.54, 1.807) is 43.8 Å². The van der Waals surface area contributed by atoms with Gasteiger partial charge in [-0.1, -0.05) is 17.7 Å². The van der Waals surface area contributed by atoms with Crippen LogP contribution in [0.4, 0.5) is 5.69 Å². The summed E-state index contributed by atoms with van der Waals surface area (Å²) in [6.45, 7) is 0.312. The topological polar surface area (TPSA) is 78.9 Å². The quantitative estimate of drug-likeness (QED) is 0.565. The van der Waals surface area contributed by atoms with Gasteiger partial charge in [-0.25, -0.2) is 0 Å². The van der Waals surface area contributed by atoms with Crippen molar-refractivity contribution in [1.29, 1.82) is 0 Å². The van der Waals surface area contributed by atoms with Crippen LogP contribution in [0.15, 0.2) is 54.9 Å². The van der Waals surface area contributed by atoms with E-state index in [1.807, 2.05) is 12.1 Å². The molecule has 1 amide bonds. The van der Waals surface area contributed by atoms with E-state index in [2.05, 4.69) is 10.3 Å². The molecule has 1 heterocycles. The first-order valence-corrected chi connectivity index (χ1v) is 9.36. The Bertz CT molecular complexity index is 1030. The summed E-state index contributed by atoms with van der Waals surface area (Å²) in [7, 11) is 4.51. The number of nitrogens with zero attached hydrogens (tertiary/aromatic N) is 1. The van der Waals surface area contributed by atoms with E-state index >= 15 is 0 Å². The van der Waals surface area contributed by atoms with Crippen LogP contribution in [-0.4, -0.2) is 32.2 Å². The molecule has 0 atom stereocenters. The molecule has 0 radical (unpaired) electrons. The van der Waals surface area contributed by atoms with Crippen LogP contribution >= 0.6 is 11.6 Å². The summed E-state index contributed by atoms with van der Waals surface area (Å²) in [6, 6.07) is 11.9. The summed E-state index contributed by atoms with van der Waals surface area (Å²) in [6.07, 6.45) is 3.42. The zero-order valence-corrected chi connectivity index (χ0v) is 17.5. The molecule has 2 aromatic carbocycles. The highest BCUT2D eigenvalue weighted by Crippen LogP contribution is 2.36. The van der Waals surface area contributed by atoms with Gasteiger partial charge in [-0.15, -0.1) is 0 Å². The maximum atomic E-state index is 12.7. The van der Waals surface area contributed by atoms with Gasteiger partial charge in [-0.05, 0) is 30.3 Å². The van der Waals surface area contributed by atoms with Gasteiger partial charge in [0.15, 0.2) is 23.0 Å². The smallest absolute Gasteiger partial charge is 0.255 e. The Balaban J connectivity index is 1.79. The molecule has 0 bridgehead atoms. The van der Waals surface area contributed by atoms with Crippen LogP contribution in [0.1, 0.15) is 15.9 Å². The number of carbonyl (C=O) groups is 1. The van der Waals surface area contributed by atoms with Crippen molar-refractivity contribution in [3.63, 3.8) is 0 Å². The van der Waals surface area contributed by atoms with Crippen molar-refractivity contribution < 1.29 is 23.7 Å². The van der Waals surface area contributed by atoms with E-state index < -0.39 is 0 Å². The fourth-order valence-corrected chi connectivity index (χ4v) is 3.05. The molecule has 0 fully saturated rings. The van der Waals surface area contributed by atoms with Gasteiger partial charge < -0.3 is 24.3 Å². The number of hydrogen-bond acceptors (Lipinski definition) is 6. The molecule has 0 spiro atoms. The van der Waals surface area contributed by atoms with Crippen LogP contribution in [-0.2, 0) is 6.61 Å². The number of amides is 1. The number of aromatic nitrogens is 1. The predicted octanol–water partition coefficient (Wildman–Crippen LogP) is 4.59. The Morgan fingerprint density at radius 2 is 1.80 bits per heavy atom. The van der Waals surface area contributed by atoms with Crippen LogP contribution in [0.3, 0.4) is 0 Å². The predicted molar refractivity (Wildman–Crippen MR) is 114 cm³/mol. The van der Waals surface area contributed by atoms with Crippen LogP contribution in [0, 0.1) is 0 Å². The highest BCUT2D eigenvalue weighted by atomic mass is 35.5. The third-order valence-corrected chi connectivity index (χ3v) is 4.52. The summed E-state index contributed by atoms with van der Waals surface area (Å²) in [5.41, 5.74) is 1.77. The number of rotatable bonds is 8. The monoisotopic (exact) mass is 428 g/mol. The maximum absolute atomic E-state index is 12.7. The molecule has 3 rings (SSSR count). The summed E-state index contributed by atoms with van der Waals surface area (Å²) in [5, 5.41) is 3.10. The minimum Gasteiger partial charge on any atom is -0.493 e. The van der Waals surface area contributed by atoms with Gasteiger partial charge in [-0.3, -0.25) is 9.78 Å². The highest BCUT2D eigenvalue weighted by Gasteiger charge is 2.16. The molecule has 1 N–H and O–H groups in total. The second-order valence-corrected chi connectivity index (χ2v) is 6.57. The summed E-state index contributed by atoms with van der Waals surface area (Å²) >= 11 is 6.20. The highest BCUT2D eigenvalue weighted by molar-refractivity contribution is 6.32. The second kappa shape index (κ2) is 9.84. The molecular formula is C22H21ClN2O5. The van der Waals surface area contributed by atoms with E-state index in [9.17, 15) is 4.79 Å². The van der Waals surface area contributed by atoms with E-state index in [-0.39, 0.29) is 10.9 Å². The van der Waals surface area contributed by atoms with Gasteiger partial charge in [0.2, 0.25) is 0 Å². The number of pyridine rings is 1. The Hall–Kier alpha value is -3.45. The average molecular weight is 429 g/mol. The lowest BCUT2D eigenvalue weighted by Gasteiger charge is -2.14. The number of ether oxygens (including phenoxy) is 4. The van der Waals surface area contributed by atoms with Gasteiger partial charge in [0, 0.05) is 35.3 Å². The van der Waals surface area contributed by atoms with Gasteiger partial charge in [0.1, 0.15) is 6.61 Å². The molecule has 8 heteroatoms. The molecule has 0 aliphatic carbocycles. The molecule has 0 saturated carbocycles. The van der Waals surface area contributed by atoms with E-state index in [1.165, 1.54) is 20.3 Å².